The molecule has 0 saturated heterocycles. The summed E-state index contributed by atoms with van der Waals surface area (Å²) >= 11 is 3.49. The number of nitrogens with zero attached hydrogens (tertiary/aromatic N) is 4. The number of aromatic nitrogens is 4. The molecule has 8 rings (SSSR count). The molecule has 8 aromatic rings. The lowest BCUT2D eigenvalue weighted by Crippen LogP contribution is -2.29. The van der Waals surface area contributed by atoms with Gasteiger partial charge in [0.2, 0.25) is 0 Å². The second-order valence-corrected chi connectivity index (χ2v) is 14.9. The fourth-order valence-electron chi connectivity index (χ4n) is 6.22. The highest BCUT2D eigenvalue weighted by Gasteiger charge is 2.12. The first-order valence-electron chi connectivity index (χ1n) is 18.5. The van der Waals surface area contributed by atoms with Crippen molar-refractivity contribution in [3.05, 3.63) is 162 Å². The monoisotopic (exact) mass is 808 g/mol. The number of imidazole rings is 2. The zero-order chi connectivity index (χ0) is 39.8. The van der Waals surface area contributed by atoms with Gasteiger partial charge in [0.25, 0.3) is 0 Å². The third-order valence-electron chi connectivity index (χ3n) is 9.52. The Labute approximate surface area is 337 Å². The SMILES string of the molecule is CC(C)c1cccc(B(O)O)c1.COc1ccc(-n2cnc3ccc(-c4cccc(C(C)C)c4)cc32)cc1.COc1ccc(-n2cnc3ccc(Br)cc32)cc1. The molecule has 2 aromatic heterocycles. The maximum absolute atomic E-state index is 8.89. The molecule has 8 nitrogen and oxygen atoms in total. The molecule has 0 fully saturated rings. The highest BCUT2D eigenvalue weighted by atomic mass is 79.9. The molecule has 10 heteroatoms. The summed E-state index contributed by atoms with van der Waals surface area (Å²) in [6, 6.07) is 44.6. The molecule has 6 aromatic carbocycles. The highest BCUT2D eigenvalue weighted by Crippen LogP contribution is 2.29. The van der Waals surface area contributed by atoms with Crippen LogP contribution in [0.2, 0.25) is 0 Å². The Hall–Kier alpha value is -5.68. The van der Waals surface area contributed by atoms with Gasteiger partial charge < -0.3 is 19.5 Å². The standard InChI is InChI=1S/C23H22N2O.C14H11BrN2O.C9H13BO2/c1-16(2)17-5-4-6-18(13-17)19-7-12-22-23(14-19)25(15-24-22)20-8-10-21(26-3)11-9-20;1-18-12-5-3-11(4-6-12)17-9-16-13-7-2-10(15)8-14(13)17;1-7(2)8-4-3-5-9(6-8)10(11)12/h4-16H,1-3H3;2-9H,1H3;3-7,11-12H,1-2H3. The summed E-state index contributed by atoms with van der Waals surface area (Å²) in [5, 5.41) is 17.8. The number of benzene rings is 6. The Bertz CT molecular complexity index is 2490. The van der Waals surface area contributed by atoms with E-state index in [4.69, 9.17) is 19.5 Å². The van der Waals surface area contributed by atoms with Gasteiger partial charge in [0.1, 0.15) is 24.2 Å². The van der Waals surface area contributed by atoms with Gasteiger partial charge in [-0.3, -0.25) is 9.13 Å². The number of hydrogen-bond acceptors (Lipinski definition) is 6. The molecule has 2 N–H and O–H groups in total. The molecule has 284 valence electrons. The van der Waals surface area contributed by atoms with Crippen molar-refractivity contribution in [1.29, 1.82) is 0 Å². The largest absolute Gasteiger partial charge is 0.497 e. The summed E-state index contributed by atoms with van der Waals surface area (Å²) in [6.07, 6.45) is 3.71. The summed E-state index contributed by atoms with van der Waals surface area (Å²) in [5.41, 5.74) is 11.8. The van der Waals surface area contributed by atoms with Gasteiger partial charge >= 0.3 is 7.12 Å². The Morgan fingerprint density at radius 1 is 0.554 bits per heavy atom. The molecule has 0 spiro atoms. The van der Waals surface area contributed by atoms with E-state index >= 15 is 0 Å². The maximum Gasteiger partial charge on any atom is 0.488 e. The molecular formula is C46H46BBrN4O4. The van der Waals surface area contributed by atoms with Crippen molar-refractivity contribution < 1.29 is 19.5 Å². The van der Waals surface area contributed by atoms with Crippen LogP contribution in [-0.4, -0.2) is 50.5 Å². The van der Waals surface area contributed by atoms with E-state index in [1.165, 1.54) is 16.7 Å². The van der Waals surface area contributed by atoms with Crippen molar-refractivity contribution in [1.82, 2.24) is 19.1 Å². The van der Waals surface area contributed by atoms with Crippen LogP contribution in [0.3, 0.4) is 0 Å². The predicted octanol–water partition coefficient (Wildman–Crippen LogP) is 10.1. The molecule has 0 atom stereocenters. The van der Waals surface area contributed by atoms with Gasteiger partial charge in [0, 0.05) is 15.8 Å². The van der Waals surface area contributed by atoms with E-state index in [0.29, 0.717) is 17.3 Å². The highest BCUT2D eigenvalue weighted by molar-refractivity contribution is 9.10. The van der Waals surface area contributed by atoms with E-state index < -0.39 is 7.12 Å². The van der Waals surface area contributed by atoms with Crippen LogP contribution < -0.4 is 14.9 Å². The first-order valence-corrected chi connectivity index (χ1v) is 19.3. The van der Waals surface area contributed by atoms with Gasteiger partial charge in [0.15, 0.2) is 0 Å². The number of rotatable bonds is 8. The molecular weight excluding hydrogens is 763 g/mol. The van der Waals surface area contributed by atoms with E-state index in [-0.39, 0.29) is 0 Å². The predicted molar refractivity (Wildman–Crippen MR) is 233 cm³/mol. The minimum absolute atomic E-state index is 0.420. The molecule has 0 aliphatic carbocycles. The van der Waals surface area contributed by atoms with Gasteiger partial charge in [-0.2, -0.15) is 0 Å². The van der Waals surface area contributed by atoms with Crippen molar-refractivity contribution in [3.63, 3.8) is 0 Å². The molecule has 2 heterocycles. The fraction of sp³-hybridized carbons (Fsp3) is 0.174. The zero-order valence-corrected chi connectivity index (χ0v) is 34.1. The molecule has 0 bridgehead atoms. The Morgan fingerprint density at radius 2 is 1.04 bits per heavy atom. The van der Waals surface area contributed by atoms with Crippen molar-refractivity contribution in [2.75, 3.05) is 14.2 Å². The van der Waals surface area contributed by atoms with Crippen LogP contribution in [0.25, 0.3) is 44.6 Å². The second kappa shape index (κ2) is 18.3. The lowest BCUT2D eigenvalue weighted by Gasteiger charge is -2.10. The molecule has 0 aliphatic heterocycles. The lowest BCUT2D eigenvalue weighted by atomic mass is 9.79. The fourth-order valence-corrected chi connectivity index (χ4v) is 6.57. The van der Waals surface area contributed by atoms with Gasteiger partial charge in [-0.05, 0) is 118 Å². The van der Waals surface area contributed by atoms with E-state index in [9.17, 15) is 0 Å². The number of ether oxygens (including phenoxy) is 2. The van der Waals surface area contributed by atoms with Crippen molar-refractivity contribution in [2.45, 2.75) is 39.5 Å². The number of hydrogen-bond donors (Lipinski definition) is 2. The van der Waals surface area contributed by atoms with Crippen LogP contribution in [0, 0.1) is 0 Å². The lowest BCUT2D eigenvalue weighted by molar-refractivity contribution is 0.414. The smallest absolute Gasteiger partial charge is 0.488 e. The minimum atomic E-state index is -1.36. The molecule has 0 amide bonds. The Kier molecular flexibility index (Phi) is 13.1. The van der Waals surface area contributed by atoms with Crippen LogP contribution in [0.1, 0.15) is 50.7 Å². The Morgan fingerprint density at radius 3 is 1.55 bits per heavy atom. The number of methoxy groups -OCH3 is 2. The normalized spacial score (nSPS) is 10.9. The first-order chi connectivity index (χ1) is 27.0. The first kappa shape index (κ1) is 40.0. The average Bonchev–Trinajstić information content (AvgIpc) is 3.85. The molecule has 0 unspecified atom stereocenters. The van der Waals surface area contributed by atoms with E-state index in [0.717, 1.165) is 55.0 Å². The number of halogens is 1. The van der Waals surface area contributed by atoms with E-state index in [1.807, 2.05) is 91.5 Å². The van der Waals surface area contributed by atoms with Crippen molar-refractivity contribution in [3.8, 4) is 34.0 Å². The Balaban J connectivity index is 0.000000154. The van der Waals surface area contributed by atoms with Crippen LogP contribution in [0.4, 0.5) is 0 Å². The van der Waals surface area contributed by atoms with Gasteiger partial charge in [0.05, 0.1) is 36.3 Å². The topological polar surface area (TPSA) is 94.6 Å². The van der Waals surface area contributed by atoms with Gasteiger partial charge in [-0.15, -0.1) is 0 Å². The van der Waals surface area contributed by atoms with E-state index in [2.05, 4.69) is 111 Å². The summed E-state index contributed by atoms with van der Waals surface area (Å²) in [7, 11) is 1.99. The van der Waals surface area contributed by atoms with Crippen molar-refractivity contribution >= 4 is 50.6 Å². The van der Waals surface area contributed by atoms with Crippen LogP contribution >= 0.6 is 15.9 Å². The van der Waals surface area contributed by atoms with Gasteiger partial charge in [-0.1, -0.05) is 98.2 Å². The van der Waals surface area contributed by atoms with Crippen LogP contribution in [-0.2, 0) is 0 Å². The molecule has 56 heavy (non-hydrogen) atoms. The third kappa shape index (κ3) is 9.57. The van der Waals surface area contributed by atoms with Gasteiger partial charge in [-0.25, -0.2) is 9.97 Å². The molecule has 0 aliphatic rings. The summed E-state index contributed by atoms with van der Waals surface area (Å²) in [4.78, 5) is 8.94. The maximum atomic E-state index is 8.89. The quantitative estimate of drug-likeness (QED) is 0.149. The zero-order valence-electron chi connectivity index (χ0n) is 32.5. The number of fused-ring (bicyclic) bond motifs is 2. The summed E-state index contributed by atoms with van der Waals surface area (Å²) in [5.74, 6) is 2.64. The summed E-state index contributed by atoms with van der Waals surface area (Å²) < 4.78 is 15.6. The van der Waals surface area contributed by atoms with E-state index in [1.54, 1.807) is 20.3 Å². The minimum Gasteiger partial charge on any atom is -0.497 e. The summed E-state index contributed by atoms with van der Waals surface area (Å²) in [6.45, 7) is 8.59. The third-order valence-corrected chi connectivity index (χ3v) is 10.0. The second-order valence-electron chi connectivity index (χ2n) is 13.9. The van der Waals surface area contributed by atoms with Crippen molar-refractivity contribution in [2.24, 2.45) is 0 Å². The van der Waals surface area contributed by atoms with Crippen LogP contribution in [0.15, 0.2) is 151 Å². The molecule has 0 radical (unpaired) electrons. The molecule has 0 saturated carbocycles. The van der Waals surface area contributed by atoms with Crippen LogP contribution in [0.5, 0.6) is 11.5 Å². The average molecular weight is 810 g/mol.